The normalized spacial score (nSPS) is 11.0. The number of amides is 1. The van der Waals surface area contributed by atoms with Crippen molar-refractivity contribution in [2.45, 2.75) is 31.7 Å². The van der Waals surface area contributed by atoms with E-state index >= 15 is 0 Å². The number of rotatable bonds is 4. The Morgan fingerprint density at radius 2 is 1.92 bits per heavy atom. The van der Waals surface area contributed by atoms with Gasteiger partial charge in [0.1, 0.15) is 10.5 Å². The molecule has 0 unspecified atom stereocenters. The van der Waals surface area contributed by atoms with Crippen LogP contribution in [0.2, 0.25) is 0 Å². The van der Waals surface area contributed by atoms with Crippen LogP contribution in [0.1, 0.15) is 27.2 Å². The molecule has 0 atom stereocenters. The summed E-state index contributed by atoms with van der Waals surface area (Å²) in [5, 5.41) is 8.99. The maximum absolute atomic E-state index is 12.5. The third-order valence-electron chi connectivity index (χ3n) is 4.16. The van der Waals surface area contributed by atoms with E-state index in [0.717, 1.165) is 16.8 Å². The van der Waals surface area contributed by atoms with Gasteiger partial charge in [0, 0.05) is 5.69 Å². The van der Waals surface area contributed by atoms with E-state index in [4.69, 9.17) is 5.73 Å². The number of aromatic nitrogens is 4. The molecule has 8 heteroatoms. The fraction of sp³-hybridized carbons (Fsp3) is 0.235. The van der Waals surface area contributed by atoms with Gasteiger partial charge >= 0.3 is 0 Å². The lowest BCUT2D eigenvalue weighted by molar-refractivity contribution is 0.0996. The molecule has 0 aliphatic heterocycles. The second-order valence-electron chi connectivity index (χ2n) is 5.68. The Bertz CT molecular complexity index is 1050. The summed E-state index contributed by atoms with van der Waals surface area (Å²) >= 11 is 1.24. The molecule has 2 N–H and O–H groups in total. The standard InChI is InChI=1S/C17H17N5O2S/c1-9-10(2)14(15(18)23)16(19-11(9)3)25-8-22-17(24)12-6-4-5-7-13(12)20-21-22/h4-7H,8H2,1-3H3,(H2,18,23). The van der Waals surface area contributed by atoms with Crippen LogP contribution in [-0.4, -0.2) is 25.9 Å². The van der Waals surface area contributed by atoms with E-state index in [0.29, 0.717) is 21.5 Å². The summed E-state index contributed by atoms with van der Waals surface area (Å²) in [5.41, 5.74) is 8.77. The Kier molecular flexibility index (Phi) is 4.54. The molecule has 1 amide bonds. The maximum Gasteiger partial charge on any atom is 0.278 e. The van der Waals surface area contributed by atoms with Gasteiger partial charge in [-0.3, -0.25) is 9.59 Å². The van der Waals surface area contributed by atoms with Crippen molar-refractivity contribution in [3.63, 3.8) is 0 Å². The minimum Gasteiger partial charge on any atom is -0.366 e. The second kappa shape index (κ2) is 6.64. The van der Waals surface area contributed by atoms with Gasteiger partial charge in [-0.15, -0.1) is 5.10 Å². The Labute approximate surface area is 148 Å². The number of nitrogens with two attached hydrogens (primary N) is 1. The van der Waals surface area contributed by atoms with Crippen molar-refractivity contribution < 1.29 is 4.79 Å². The van der Waals surface area contributed by atoms with Gasteiger partial charge in [0.15, 0.2) is 0 Å². The van der Waals surface area contributed by atoms with Crippen LogP contribution in [0.15, 0.2) is 34.1 Å². The number of carbonyl (C=O) groups is 1. The molecule has 25 heavy (non-hydrogen) atoms. The van der Waals surface area contributed by atoms with Crippen molar-refractivity contribution in [3.05, 3.63) is 57.0 Å². The van der Waals surface area contributed by atoms with E-state index in [1.165, 1.54) is 16.4 Å². The van der Waals surface area contributed by atoms with Gasteiger partial charge in [0.25, 0.3) is 11.5 Å². The van der Waals surface area contributed by atoms with Crippen molar-refractivity contribution in [2.24, 2.45) is 5.73 Å². The number of carbonyl (C=O) groups excluding carboxylic acids is 1. The molecule has 2 heterocycles. The molecule has 128 valence electrons. The smallest absolute Gasteiger partial charge is 0.278 e. The van der Waals surface area contributed by atoms with Gasteiger partial charge in [0.2, 0.25) is 0 Å². The maximum atomic E-state index is 12.5. The molecule has 3 rings (SSSR count). The van der Waals surface area contributed by atoms with Crippen LogP contribution in [0.25, 0.3) is 10.9 Å². The number of pyridine rings is 1. The van der Waals surface area contributed by atoms with Gasteiger partial charge in [-0.05, 0) is 44.0 Å². The van der Waals surface area contributed by atoms with Crippen LogP contribution in [0.5, 0.6) is 0 Å². The summed E-state index contributed by atoms with van der Waals surface area (Å²) in [5.74, 6) is -0.348. The highest BCUT2D eigenvalue weighted by atomic mass is 32.2. The molecule has 3 aromatic rings. The molecular weight excluding hydrogens is 338 g/mol. The molecule has 1 aromatic carbocycles. The minimum absolute atomic E-state index is 0.186. The number of benzene rings is 1. The first-order valence-electron chi connectivity index (χ1n) is 7.63. The number of nitrogens with zero attached hydrogens (tertiary/aromatic N) is 4. The van der Waals surface area contributed by atoms with Gasteiger partial charge in [-0.2, -0.15) is 4.68 Å². The molecule has 0 fully saturated rings. The van der Waals surface area contributed by atoms with Crippen molar-refractivity contribution in [1.82, 2.24) is 20.0 Å². The zero-order chi connectivity index (χ0) is 18.1. The highest BCUT2D eigenvalue weighted by molar-refractivity contribution is 7.98. The fourth-order valence-electron chi connectivity index (χ4n) is 2.54. The summed E-state index contributed by atoms with van der Waals surface area (Å²) in [6.45, 7) is 5.62. The summed E-state index contributed by atoms with van der Waals surface area (Å²) < 4.78 is 1.25. The molecule has 2 aromatic heterocycles. The summed E-state index contributed by atoms with van der Waals surface area (Å²) in [6.07, 6.45) is 0. The zero-order valence-electron chi connectivity index (χ0n) is 14.1. The fourth-order valence-corrected chi connectivity index (χ4v) is 3.55. The topological polar surface area (TPSA) is 104 Å². The molecule has 0 aliphatic carbocycles. The first-order chi connectivity index (χ1) is 11.9. The number of aryl methyl sites for hydroxylation is 1. The molecule has 0 radical (unpaired) electrons. The van der Waals surface area contributed by atoms with Crippen LogP contribution in [-0.2, 0) is 5.88 Å². The van der Waals surface area contributed by atoms with Crippen molar-refractivity contribution in [1.29, 1.82) is 0 Å². The number of fused-ring (bicyclic) bond motifs is 1. The van der Waals surface area contributed by atoms with E-state index in [1.807, 2.05) is 20.8 Å². The molecular formula is C17H17N5O2S. The number of thioether (sulfide) groups is 1. The van der Waals surface area contributed by atoms with Crippen LogP contribution >= 0.6 is 11.8 Å². The average molecular weight is 355 g/mol. The molecule has 0 spiro atoms. The quantitative estimate of drug-likeness (QED) is 0.718. The lowest BCUT2D eigenvalue weighted by Gasteiger charge is -2.13. The van der Waals surface area contributed by atoms with Crippen LogP contribution in [0.3, 0.4) is 0 Å². The van der Waals surface area contributed by atoms with E-state index in [-0.39, 0.29) is 11.4 Å². The SMILES string of the molecule is Cc1nc(SCn2nnc3ccccc3c2=O)c(C(N)=O)c(C)c1C. The Balaban J connectivity index is 1.99. The van der Waals surface area contributed by atoms with E-state index < -0.39 is 5.91 Å². The molecule has 0 saturated heterocycles. The van der Waals surface area contributed by atoms with E-state index in [2.05, 4.69) is 15.3 Å². The first kappa shape index (κ1) is 17.1. The second-order valence-corrected chi connectivity index (χ2v) is 6.61. The number of primary amides is 1. The van der Waals surface area contributed by atoms with Crippen LogP contribution in [0.4, 0.5) is 0 Å². The monoisotopic (exact) mass is 355 g/mol. The van der Waals surface area contributed by atoms with E-state index in [1.54, 1.807) is 24.3 Å². The van der Waals surface area contributed by atoms with Gasteiger partial charge in [0.05, 0.1) is 16.8 Å². The van der Waals surface area contributed by atoms with E-state index in [9.17, 15) is 9.59 Å². The third-order valence-corrected chi connectivity index (χ3v) is 5.11. The predicted molar refractivity (Wildman–Crippen MR) is 96.6 cm³/mol. The van der Waals surface area contributed by atoms with Crippen LogP contribution < -0.4 is 11.3 Å². The largest absolute Gasteiger partial charge is 0.366 e. The van der Waals surface area contributed by atoms with Gasteiger partial charge in [-0.25, -0.2) is 4.98 Å². The first-order valence-corrected chi connectivity index (χ1v) is 8.61. The highest BCUT2D eigenvalue weighted by Crippen LogP contribution is 2.27. The molecule has 0 bridgehead atoms. The van der Waals surface area contributed by atoms with Gasteiger partial charge < -0.3 is 5.73 Å². The predicted octanol–water partition coefficient (Wildman–Crippen LogP) is 1.96. The Morgan fingerprint density at radius 1 is 1.20 bits per heavy atom. The summed E-state index contributed by atoms with van der Waals surface area (Å²) in [6, 6.07) is 7.03. The lowest BCUT2D eigenvalue weighted by Crippen LogP contribution is -2.23. The third kappa shape index (κ3) is 3.12. The molecule has 0 saturated carbocycles. The summed E-state index contributed by atoms with van der Waals surface area (Å²) in [7, 11) is 0. The van der Waals surface area contributed by atoms with Crippen LogP contribution in [0, 0.1) is 20.8 Å². The van der Waals surface area contributed by atoms with Gasteiger partial charge in [-0.1, -0.05) is 29.1 Å². The molecule has 7 nitrogen and oxygen atoms in total. The summed E-state index contributed by atoms with van der Waals surface area (Å²) in [4.78, 5) is 28.8. The Hall–Kier alpha value is -2.74. The average Bonchev–Trinajstić information content (AvgIpc) is 2.59. The number of hydrogen-bond acceptors (Lipinski definition) is 6. The highest BCUT2D eigenvalue weighted by Gasteiger charge is 2.18. The molecule has 0 aliphatic rings. The minimum atomic E-state index is -0.535. The van der Waals surface area contributed by atoms with Crippen molar-refractivity contribution in [3.8, 4) is 0 Å². The lowest BCUT2D eigenvalue weighted by atomic mass is 10.0. The number of hydrogen-bond donors (Lipinski definition) is 1. The van der Waals surface area contributed by atoms with Crippen molar-refractivity contribution >= 4 is 28.6 Å². The van der Waals surface area contributed by atoms with Crippen molar-refractivity contribution in [2.75, 3.05) is 0 Å². The zero-order valence-corrected chi connectivity index (χ0v) is 14.9. The Morgan fingerprint density at radius 3 is 2.64 bits per heavy atom.